The van der Waals surface area contributed by atoms with E-state index in [4.69, 9.17) is 0 Å². The normalized spacial score (nSPS) is 16.8. The molecule has 104 valence electrons. The zero-order valence-corrected chi connectivity index (χ0v) is 12.4. The van der Waals surface area contributed by atoms with Crippen LogP contribution in [0.3, 0.4) is 0 Å². The minimum Gasteiger partial charge on any atom is -0.315 e. The number of nitrogens with one attached hydrogen (secondary N) is 1. The Hall–Kier alpha value is -1.26. The SMILES string of the molecule is Fc1ccc(CC2(c3ccccc3F)CNC2)cc1Br. The highest BCUT2D eigenvalue weighted by molar-refractivity contribution is 9.10. The third-order valence-corrected chi connectivity index (χ3v) is 4.51. The lowest BCUT2D eigenvalue weighted by molar-refractivity contribution is 0.266. The zero-order chi connectivity index (χ0) is 14.2. The summed E-state index contributed by atoms with van der Waals surface area (Å²) >= 11 is 3.20. The van der Waals surface area contributed by atoms with Crippen LogP contribution in [0.1, 0.15) is 11.1 Å². The number of benzene rings is 2. The van der Waals surface area contributed by atoms with E-state index in [1.54, 1.807) is 18.2 Å². The van der Waals surface area contributed by atoms with Crippen molar-refractivity contribution in [2.45, 2.75) is 11.8 Å². The number of hydrogen-bond donors (Lipinski definition) is 1. The Balaban J connectivity index is 1.94. The van der Waals surface area contributed by atoms with Crippen LogP contribution in [0.2, 0.25) is 0 Å². The summed E-state index contributed by atoms with van der Waals surface area (Å²) in [6, 6.07) is 11.9. The van der Waals surface area contributed by atoms with Gasteiger partial charge in [-0.25, -0.2) is 8.78 Å². The van der Waals surface area contributed by atoms with E-state index in [0.29, 0.717) is 10.9 Å². The summed E-state index contributed by atoms with van der Waals surface area (Å²) in [7, 11) is 0. The second-order valence-electron chi connectivity index (χ2n) is 5.29. The number of hydrogen-bond acceptors (Lipinski definition) is 1. The number of halogens is 3. The van der Waals surface area contributed by atoms with Crippen LogP contribution in [0.5, 0.6) is 0 Å². The Morgan fingerprint density at radius 1 is 1.05 bits per heavy atom. The van der Waals surface area contributed by atoms with Gasteiger partial charge in [-0.05, 0) is 51.7 Å². The highest BCUT2D eigenvalue weighted by atomic mass is 79.9. The van der Waals surface area contributed by atoms with Crippen molar-refractivity contribution < 1.29 is 8.78 Å². The summed E-state index contributed by atoms with van der Waals surface area (Å²) in [5, 5.41) is 3.22. The van der Waals surface area contributed by atoms with E-state index in [-0.39, 0.29) is 17.0 Å². The Bertz CT molecular complexity index is 638. The predicted molar refractivity (Wildman–Crippen MR) is 78.8 cm³/mol. The fourth-order valence-corrected chi connectivity index (χ4v) is 3.20. The standard InChI is InChI=1S/C16H14BrF2N/c17-13-7-11(5-6-15(13)19)8-16(9-20-10-16)12-3-1-2-4-14(12)18/h1-7,20H,8-10H2. The molecule has 4 heteroatoms. The van der Waals surface area contributed by atoms with E-state index in [9.17, 15) is 8.78 Å². The van der Waals surface area contributed by atoms with Gasteiger partial charge in [0.05, 0.1) is 4.47 Å². The van der Waals surface area contributed by atoms with Gasteiger partial charge >= 0.3 is 0 Å². The van der Waals surface area contributed by atoms with Crippen LogP contribution < -0.4 is 5.32 Å². The molecule has 1 aliphatic rings. The fourth-order valence-electron chi connectivity index (χ4n) is 2.77. The number of rotatable bonds is 3. The molecule has 1 nitrogen and oxygen atoms in total. The molecule has 0 aromatic heterocycles. The van der Waals surface area contributed by atoms with Gasteiger partial charge in [-0.1, -0.05) is 24.3 Å². The first-order valence-corrected chi connectivity index (χ1v) is 7.30. The van der Waals surface area contributed by atoms with E-state index in [1.807, 2.05) is 12.1 Å². The highest BCUT2D eigenvalue weighted by Gasteiger charge is 2.40. The first-order chi connectivity index (χ1) is 9.61. The third-order valence-electron chi connectivity index (χ3n) is 3.90. The quantitative estimate of drug-likeness (QED) is 0.897. The van der Waals surface area contributed by atoms with Crippen LogP contribution in [0.15, 0.2) is 46.9 Å². The van der Waals surface area contributed by atoms with Crippen LogP contribution >= 0.6 is 15.9 Å². The molecule has 2 aromatic rings. The van der Waals surface area contributed by atoms with Gasteiger partial charge in [0.2, 0.25) is 0 Å². The molecule has 1 saturated heterocycles. The van der Waals surface area contributed by atoms with Crippen molar-refractivity contribution in [2.75, 3.05) is 13.1 Å². The molecular formula is C16H14BrF2N. The Morgan fingerprint density at radius 3 is 2.40 bits per heavy atom. The lowest BCUT2D eigenvalue weighted by Crippen LogP contribution is -2.58. The van der Waals surface area contributed by atoms with E-state index in [1.165, 1.54) is 12.1 Å². The van der Waals surface area contributed by atoms with E-state index >= 15 is 0 Å². The van der Waals surface area contributed by atoms with Gasteiger partial charge in [-0.2, -0.15) is 0 Å². The van der Waals surface area contributed by atoms with Crippen molar-refractivity contribution in [2.24, 2.45) is 0 Å². The summed E-state index contributed by atoms with van der Waals surface area (Å²) in [6.07, 6.45) is 0.694. The van der Waals surface area contributed by atoms with Gasteiger partial charge in [0.25, 0.3) is 0 Å². The molecule has 0 saturated carbocycles. The Labute approximate surface area is 125 Å². The average molecular weight is 338 g/mol. The maximum atomic E-state index is 14.1. The minimum absolute atomic E-state index is 0.171. The molecule has 0 unspecified atom stereocenters. The molecule has 20 heavy (non-hydrogen) atoms. The molecule has 0 bridgehead atoms. The van der Waals surface area contributed by atoms with E-state index in [2.05, 4.69) is 21.2 Å². The van der Waals surface area contributed by atoms with Crippen molar-refractivity contribution in [1.29, 1.82) is 0 Å². The Morgan fingerprint density at radius 2 is 1.80 bits per heavy atom. The maximum Gasteiger partial charge on any atom is 0.137 e. The van der Waals surface area contributed by atoms with E-state index < -0.39 is 0 Å². The maximum absolute atomic E-state index is 14.1. The third kappa shape index (κ3) is 2.38. The molecular weight excluding hydrogens is 324 g/mol. The predicted octanol–water partition coefficient (Wildman–Crippen LogP) is 3.81. The van der Waals surface area contributed by atoms with Gasteiger partial charge in [0, 0.05) is 18.5 Å². The molecule has 0 amide bonds. The summed E-state index contributed by atoms with van der Waals surface area (Å²) in [5.41, 5.74) is 1.50. The second kappa shape index (κ2) is 5.26. The highest BCUT2D eigenvalue weighted by Crippen LogP contribution is 2.34. The van der Waals surface area contributed by atoms with Gasteiger partial charge < -0.3 is 5.32 Å². The van der Waals surface area contributed by atoms with Crippen LogP contribution in [-0.2, 0) is 11.8 Å². The van der Waals surface area contributed by atoms with Crippen LogP contribution in [-0.4, -0.2) is 13.1 Å². The molecule has 0 spiro atoms. The molecule has 1 N–H and O–H groups in total. The molecule has 0 aliphatic carbocycles. The second-order valence-corrected chi connectivity index (χ2v) is 6.14. The summed E-state index contributed by atoms with van der Waals surface area (Å²) < 4.78 is 27.8. The largest absolute Gasteiger partial charge is 0.315 e. The molecule has 0 atom stereocenters. The fraction of sp³-hybridized carbons (Fsp3) is 0.250. The monoisotopic (exact) mass is 337 g/mol. The van der Waals surface area contributed by atoms with Crippen molar-refractivity contribution >= 4 is 15.9 Å². The van der Waals surface area contributed by atoms with Crippen molar-refractivity contribution in [3.8, 4) is 0 Å². The summed E-state index contributed by atoms with van der Waals surface area (Å²) in [5.74, 6) is -0.449. The van der Waals surface area contributed by atoms with Crippen molar-refractivity contribution in [3.05, 3.63) is 69.7 Å². The smallest absolute Gasteiger partial charge is 0.137 e. The van der Waals surface area contributed by atoms with Gasteiger partial charge in [0.15, 0.2) is 0 Å². The van der Waals surface area contributed by atoms with Gasteiger partial charge in [-0.3, -0.25) is 0 Å². The van der Waals surface area contributed by atoms with Gasteiger partial charge in [-0.15, -0.1) is 0 Å². The molecule has 1 aliphatic heterocycles. The van der Waals surface area contributed by atoms with Crippen LogP contribution in [0.25, 0.3) is 0 Å². The first kappa shape index (κ1) is 13.7. The van der Waals surface area contributed by atoms with E-state index in [0.717, 1.165) is 24.2 Å². The molecule has 0 radical (unpaired) electrons. The zero-order valence-electron chi connectivity index (χ0n) is 10.8. The first-order valence-electron chi connectivity index (χ1n) is 6.50. The van der Waals surface area contributed by atoms with Crippen LogP contribution in [0, 0.1) is 11.6 Å². The topological polar surface area (TPSA) is 12.0 Å². The summed E-state index contributed by atoms with van der Waals surface area (Å²) in [4.78, 5) is 0. The molecule has 2 aromatic carbocycles. The minimum atomic E-state index is -0.277. The Kier molecular flexibility index (Phi) is 3.61. The molecule has 1 heterocycles. The van der Waals surface area contributed by atoms with Crippen LogP contribution in [0.4, 0.5) is 8.78 Å². The van der Waals surface area contributed by atoms with Crippen molar-refractivity contribution in [3.63, 3.8) is 0 Å². The average Bonchev–Trinajstić information content (AvgIpc) is 2.39. The lowest BCUT2D eigenvalue weighted by atomic mass is 9.71. The van der Waals surface area contributed by atoms with Gasteiger partial charge in [0.1, 0.15) is 11.6 Å². The van der Waals surface area contributed by atoms with Crippen molar-refractivity contribution in [1.82, 2.24) is 5.32 Å². The molecule has 3 rings (SSSR count). The molecule has 1 fully saturated rings. The lowest BCUT2D eigenvalue weighted by Gasteiger charge is -2.43. The summed E-state index contributed by atoms with van der Waals surface area (Å²) in [6.45, 7) is 1.48.